The molecule has 6 heteroatoms. The third-order valence-corrected chi connectivity index (χ3v) is 4.00. The number of halogens is 1. The number of para-hydroxylation sites is 1. The van der Waals surface area contributed by atoms with Gasteiger partial charge in [-0.25, -0.2) is 9.37 Å². The van der Waals surface area contributed by atoms with Gasteiger partial charge < -0.3 is 5.32 Å². The number of aryl methyl sites for hydroxylation is 1. The van der Waals surface area contributed by atoms with Crippen molar-refractivity contribution in [3.05, 3.63) is 76.1 Å². The molecule has 0 bridgehead atoms. The molecule has 1 heterocycles. The summed E-state index contributed by atoms with van der Waals surface area (Å²) in [5, 5.41) is 3.27. The Morgan fingerprint density at radius 3 is 2.64 bits per heavy atom. The first-order valence-corrected chi connectivity index (χ1v) is 8.02. The molecule has 128 valence electrons. The maximum Gasteiger partial charge on any atom is 0.261 e. The fraction of sp³-hybridized carbons (Fsp3) is 0.211. The second-order valence-electron chi connectivity index (χ2n) is 5.79. The van der Waals surface area contributed by atoms with Gasteiger partial charge in [0.05, 0.1) is 10.9 Å². The zero-order chi connectivity index (χ0) is 17.8. The van der Waals surface area contributed by atoms with Crippen LogP contribution < -0.4 is 10.9 Å². The second-order valence-corrected chi connectivity index (χ2v) is 5.79. The minimum atomic E-state index is -0.286. The molecule has 0 radical (unpaired) electrons. The van der Waals surface area contributed by atoms with Crippen molar-refractivity contribution in [1.82, 2.24) is 14.9 Å². The molecular weight excluding hydrogens is 321 g/mol. The molecule has 2 aromatic carbocycles. The lowest BCUT2D eigenvalue weighted by atomic mass is 10.1. The minimum Gasteiger partial charge on any atom is -0.354 e. The van der Waals surface area contributed by atoms with E-state index in [4.69, 9.17) is 0 Å². The van der Waals surface area contributed by atoms with Crippen LogP contribution in [0.5, 0.6) is 0 Å². The van der Waals surface area contributed by atoms with E-state index in [0.29, 0.717) is 29.7 Å². The Labute approximate surface area is 144 Å². The molecule has 0 unspecified atom stereocenters. The van der Waals surface area contributed by atoms with Crippen molar-refractivity contribution in [1.29, 1.82) is 0 Å². The van der Waals surface area contributed by atoms with Crippen molar-refractivity contribution in [3.63, 3.8) is 0 Å². The Morgan fingerprint density at radius 2 is 1.88 bits per heavy atom. The number of nitrogens with one attached hydrogen (secondary N) is 1. The van der Waals surface area contributed by atoms with Gasteiger partial charge >= 0.3 is 0 Å². The van der Waals surface area contributed by atoms with Gasteiger partial charge in [-0.1, -0.05) is 24.3 Å². The van der Waals surface area contributed by atoms with E-state index in [1.165, 1.54) is 16.7 Å². The number of aromatic nitrogens is 2. The summed E-state index contributed by atoms with van der Waals surface area (Å²) in [5.41, 5.74) is 1.33. The molecule has 0 saturated heterocycles. The van der Waals surface area contributed by atoms with E-state index in [2.05, 4.69) is 10.3 Å². The van der Waals surface area contributed by atoms with Crippen molar-refractivity contribution < 1.29 is 9.18 Å². The van der Waals surface area contributed by atoms with Crippen LogP contribution in [0.25, 0.3) is 10.9 Å². The summed E-state index contributed by atoms with van der Waals surface area (Å²) in [7, 11) is 0. The molecule has 0 saturated carbocycles. The van der Waals surface area contributed by atoms with Crippen LogP contribution in [-0.2, 0) is 17.8 Å². The van der Waals surface area contributed by atoms with Crippen LogP contribution in [0.3, 0.4) is 0 Å². The fourth-order valence-electron chi connectivity index (χ4n) is 2.66. The highest BCUT2D eigenvalue weighted by atomic mass is 19.1. The van der Waals surface area contributed by atoms with Crippen LogP contribution in [0.1, 0.15) is 11.4 Å². The van der Waals surface area contributed by atoms with Crippen LogP contribution in [0.15, 0.2) is 53.3 Å². The summed E-state index contributed by atoms with van der Waals surface area (Å²) in [6, 6.07) is 13.2. The highest BCUT2D eigenvalue weighted by Gasteiger charge is 2.11. The largest absolute Gasteiger partial charge is 0.354 e. The summed E-state index contributed by atoms with van der Waals surface area (Å²) in [5.74, 6) is -0.0479. The molecule has 1 amide bonds. The number of nitrogens with zero attached hydrogens (tertiary/aromatic N) is 2. The molecule has 1 aromatic heterocycles. The van der Waals surface area contributed by atoms with Gasteiger partial charge in [0.25, 0.3) is 5.56 Å². The molecule has 3 aromatic rings. The van der Waals surface area contributed by atoms with Crippen LogP contribution in [0, 0.1) is 12.7 Å². The van der Waals surface area contributed by atoms with Crippen LogP contribution >= 0.6 is 0 Å². The zero-order valence-electron chi connectivity index (χ0n) is 13.8. The number of benzene rings is 2. The SMILES string of the molecule is Cc1nc2ccccc2c(=O)n1CC(=O)NCCc1ccc(F)cc1. The highest BCUT2D eigenvalue weighted by molar-refractivity contribution is 5.79. The van der Waals surface area contributed by atoms with Crippen molar-refractivity contribution in [2.45, 2.75) is 19.9 Å². The van der Waals surface area contributed by atoms with Gasteiger partial charge in [-0.2, -0.15) is 0 Å². The number of rotatable bonds is 5. The van der Waals surface area contributed by atoms with Crippen LogP contribution in [0.2, 0.25) is 0 Å². The Kier molecular flexibility index (Phi) is 4.88. The number of hydrogen-bond donors (Lipinski definition) is 1. The van der Waals surface area contributed by atoms with Gasteiger partial charge in [0.15, 0.2) is 0 Å². The predicted molar refractivity (Wildman–Crippen MR) is 93.9 cm³/mol. The predicted octanol–water partition coefficient (Wildman–Crippen LogP) is 2.20. The molecule has 0 aliphatic rings. The summed E-state index contributed by atoms with van der Waals surface area (Å²) in [6.07, 6.45) is 0.593. The maximum atomic E-state index is 12.9. The average molecular weight is 339 g/mol. The van der Waals surface area contributed by atoms with Gasteiger partial charge in [0.2, 0.25) is 5.91 Å². The summed E-state index contributed by atoms with van der Waals surface area (Å²) in [4.78, 5) is 29.0. The average Bonchev–Trinajstić information content (AvgIpc) is 2.60. The van der Waals surface area contributed by atoms with Crippen LogP contribution in [0.4, 0.5) is 4.39 Å². The van der Waals surface area contributed by atoms with E-state index in [1.54, 1.807) is 37.3 Å². The standard InChI is InChI=1S/C19H18FN3O2/c1-13-22-17-5-3-2-4-16(17)19(25)23(13)12-18(24)21-11-10-14-6-8-15(20)9-7-14/h2-9H,10-12H2,1H3,(H,21,24). The van der Waals surface area contributed by atoms with Gasteiger partial charge in [-0.15, -0.1) is 0 Å². The number of carbonyl (C=O) groups is 1. The van der Waals surface area contributed by atoms with Crippen molar-refractivity contribution in [2.24, 2.45) is 0 Å². The van der Waals surface area contributed by atoms with E-state index in [0.717, 1.165) is 5.56 Å². The van der Waals surface area contributed by atoms with E-state index >= 15 is 0 Å². The Hall–Kier alpha value is -3.02. The van der Waals surface area contributed by atoms with Gasteiger partial charge in [0.1, 0.15) is 18.2 Å². The molecular formula is C19H18FN3O2. The van der Waals surface area contributed by atoms with Gasteiger partial charge in [-0.3, -0.25) is 14.2 Å². The zero-order valence-corrected chi connectivity index (χ0v) is 13.8. The Bertz CT molecular complexity index is 965. The lowest BCUT2D eigenvalue weighted by molar-refractivity contribution is -0.121. The van der Waals surface area contributed by atoms with E-state index < -0.39 is 0 Å². The third-order valence-electron chi connectivity index (χ3n) is 4.00. The molecule has 1 N–H and O–H groups in total. The molecule has 25 heavy (non-hydrogen) atoms. The summed E-state index contributed by atoms with van der Waals surface area (Å²) < 4.78 is 14.2. The van der Waals surface area contributed by atoms with E-state index in [9.17, 15) is 14.0 Å². The molecule has 0 aliphatic carbocycles. The second kappa shape index (κ2) is 7.25. The maximum absolute atomic E-state index is 12.9. The Morgan fingerprint density at radius 1 is 1.16 bits per heavy atom. The first-order chi connectivity index (χ1) is 12.0. The molecule has 0 fully saturated rings. The number of hydrogen-bond acceptors (Lipinski definition) is 3. The van der Waals surface area contributed by atoms with Crippen molar-refractivity contribution in [2.75, 3.05) is 6.54 Å². The first-order valence-electron chi connectivity index (χ1n) is 8.02. The van der Waals surface area contributed by atoms with Crippen molar-refractivity contribution >= 4 is 16.8 Å². The smallest absolute Gasteiger partial charge is 0.261 e. The molecule has 5 nitrogen and oxygen atoms in total. The third kappa shape index (κ3) is 3.91. The Balaban J connectivity index is 1.66. The van der Waals surface area contributed by atoms with Crippen LogP contribution in [-0.4, -0.2) is 22.0 Å². The molecule has 0 spiro atoms. The van der Waals surface area contributed by atoms with Gasteiger partial charge in [-0.05, 0) is 43.2 Å². The minimum absolute atomic E-state index is 0.0775. The number of carbonyl (C=O) groups excluding carboxylic acids is 1. The quantitative estimate of drug-likeness (QED) is 0.775. The topological polar surface area (TPSA) is 64.0 Å². The van der Waals surface area contributed by atoms with E-state index in [-0.39, 0.29) is 23.8 Å². The number of amides is 1. The summed E-state index contributed by atoms with van der Waals surface area (Å²) >= 11 is 0. The normalized spacial score (nSPS) is 10.8. The molecule has 0 aliphatic heterocycles. The lowest BCUT2D eigenvalue weighted by Gasteiger charge is -2.11. The lowest BCUT2D eigenvalue weighted by Crippen LogP contribution is -2.34. The number of fused-ring (bicyclic) bond motifs is 1. The first kappa shape index (κ1) is 16.8. The highest BCUT2D eigenvalue weighted by Crippen LogP contribution is 2.07. The molecule has 3 rings (SSSR count). The molecule has 0 atom stereocenters. The van der Waals surface area contributed by atoms with Crippen molar-refractivity contribution in [3.8, 4) is 0 Å². The summed E-state index contributed by atoms with van der Waals surface area (Å²) in [6.45, 7) is 2.05. The van der Waals surface area contributed by atoms with Gasteiger partial charge in [0, 0.05) is 6.54 Å². The monoisotopic (exact) mass is 339 g/mol. The fourth-order valence-corrected chi connectivity index (χ4v) is 2.66. The van der Waals surface area contributed by atoms with E-state index in [1.807, 2.05) is 6.07 Å².